The Hall–Kier alpha value is -5.46. The smallest absolute Gasteiger partial charge is 0.00137 e. The summed E-state index contributed by atoms with van der Waals surface area (Å²) in [6, 6.07) is 58.0. The molecule has 9 aromatic rings. The van der Waals surface area contributed by atoms with Gasteiger partial charge in [-0.25, -0.2) is 0 Å². The molecule has 0 amide bonds. The second-order valence-corrected chi connectivity index (χ2v) is 11.3. The molecule has 194 valence electrons. The quantitative estimate of drug-likeness (QED) is 0.195. The van der Waals surface area contributed by atoms with Crippen molar-refractivity contribution in [3.05, 3.63) is 158 Å². The predicted octanol–water partition coefficient (Wildman–Crippen LogP) is 11.9. The summed E-state index contributed by atoms with van der Waals surface area (Å²) in [4.78, 5) is 0. The first-order chi connectivity index (χ1) is 20.8. The molecule has 0 atom stereocenters. The first-order valence-electron chi connectivity index (χ1n) is 14.6. The summed E-state index contributed by atoms with van der Waals surface area (Å²) in [6.07, 6.45) is 0. The number of rotatable bonds is 2. The standard InChI is InChI=1S/C42H26/c1-2-15-31-27(11-1)12-10-22-32(31)30-14-9-13-28(25-30)29-23-24-36-35-18-5-7-20-38(35)41-37-19-6-3-16-33(37)34-17-4-8-21-39(34)42(41)40(36)26-29/h1-26H. The summed E-state index contributed by atoms with van der Waals surface area (Å²) in [5.74, 6) is 0. The van der Waals surface area contributed by atoms with Gasteiger partial charge in [-0.15, -0.1) is 0 Å². The Labute approximate surface area is 244 Å². The fourth-order valence-corrected chi connectivity index (χ4v) is 7.15. The van der Waals surface area contributed by atoms with E-state index < -0.39 is 0 Å². The molecule has 0 heterocycles. The van der Waals surface area contributed by atoms with E-state index in [0.29, 0.717) is 0 Å². The van der Waals surface area contributed by atoms with Gasteiger partial charge in [0.05, 0.1) is 0 Å². The lowest BCUT2D eigenvalue weighted by Gasteiger charge is -2.17. The molecule has 0 bridgehead atoms. The molecule has 0 aliphatic heterocycles. The first kappa shape index (κ1) is 23.3. The van der Waals surface area contributed by atoms with Crippen molar-refractivity contribution in [1.29, 1.82) is 0 Å². The minimum Gasteiger partial charge on any atom is -0.0616 e. The molecule has 0 aliphatic rings. The molecular weight excluding hydrogens is 504 g/mol. The van der Waals surface area contributed by atoms with Crippen molar-refractivity contribution in [2.24, 2.45) is 0 Å². The highest BCUT2D eigenvalue weighted by molar-refractivity contribution is 6.39. The summed E-state index contributed by atoms with van der Waals surface area (Å²) < 4.78 is 0. The van der Waals surface area contributed by atoms with Crippen molar-refractivity contribution in [1.82, 2.24) is 0 Å². The van der Waals surface area contributed by atoms with Gasteiger partial charge in [0, 0.05) is 0 Å². The van der Waals surface area contributed by atoms with Crippen LogP contribution in [0.1, 0.15) is 0 Å². The van der Waals surface area contributed by atoms with Crippen molar-refractivity contribution >= 4 is 64.6 Å². The predicted molar refractivity (Wildman–Crippen MR) is 182 cm³/mol. The molecule has 0 heteroatoms. The van der Waals surface area contributed by atoms with Gasteiger partial charge in [-0.3, -0.25) is 0 Å². The van der Waals surface area contributed by atoms with Crippen molar-refractivity contribution in [2.75, 3.05) is 0 Å². The summed E-state index contributed by atoms with van der Waals surface area (Å²) in [5.41, 5.74) is 4.97. The average molecular weight is 531 g/mol. The monoisotopic (exact) mass is 530 g/mol. The maximum Gasteiger partial charge on any atom is -0.00137 e. The zero-order valence-corrected chi connectivity index (χ0v) is 23.0. The Kier molecular flexibility index (Phi) is 5.00. The van der Waals surface area contributed by atoms with E-state index in [1.54, 1.807) is 0 Å². The van der Waals surface area contributed by atoms with Crippen LogP contribution < -0.4 is 0 Å². The van der Waals surface area contributed by atoms with Crippen LogP contribution in [0.25, 0.3) is 86.9 Å². The molecule has 42 heavy (non-hydrogen) atoms. The van der Waals surface area contributed by atoms with Crippen LogP contribution in [0.3, 0.4) is 0 Å². The maximum atomic E-state index is 2.42. The van der Waals surface area contributed by atoms with Crippen molar-refractivity contribution in [2.45, 2.75) is 0 Å². The van der Waals surface area contributed by atoms with Crippen molar-refractivity contribution < 1.29 is 0 Å². The van der Waals surface area contributed by atoms with Gasteiger partial charge >= 0.3 is 0 Å². The molecule has 0 fully saturated rings. The Morgan fingerprint density at radius 1 is 0.238 bits per heavy atom. The molecule has 0 nitrogen and oxygen atoms in total. The number of hydrogen-bond donors (Lipinski definition) is 0. The number of benzene rings is 9. The van der Waals surface area contributed by atoms with Crippen LogP contribution in [0.15, 0.2) is 158 Å². The molecule has 0 aliphatic carbocycles. The number of fused-ring (bicyclic) bond motifs is 12. The van der Waals surface area contributed by atoms with E-state index in [1.807, 2.05) is 0 Å². The van der Waals surface area contributed by atoms with Crippen molar-refractivity contribution in [3.63, 3.8) is 0 Å². The lowest BCUT2D eigenvalue weighted by Crippen LogP contribution is -1.89. The van der Waals surface area contributed by atoms with Crippen LogP contribution in [0.2, 0.25) is 0 Å². The minimum absolute atomic E-state index is 1.23. The van der Waals surface area contributed by atoms with Gasteiger partial charge in [-0.05, 0) is 99.0 Å². The van der Waals surface area contributed by atoms with Crippen LogP contribution in [0, 0.1) is 0 Å². The van der Waals surface area contributed by atoms with Gasteiger partial charge in [-0.2, -0.15) is 0 Å². The van der Waals surface area contributed by atoms with Crippen LogP contribution in [-0.2, 0) is 0 Å². The van der Waals surface area contributed by atoms with E-state index in [4.69, 9.17) is 0 Å². The minimum atomic E-state index is 1.23. The largest absolute Gasteiger partial charge is 0.0616 e. The van der Waals surface area contributed by atoms with Gasteiger partial charge in [0.15, 0.2) is 0 Å². The highest BCUT2D eigenvalue weighted by atomic mass is 14.2. The molecule has 9 rings (SSSR count). The maximum absolute atomic E-state index is 2.42. The van der Waals surface area contributed by atoms with E-state index >= 15 is 0 Å². The highest BCUT2D eigenvalue weighted by Gasteiger charge is 2.16. The molecule has 0 saturated heterocycles. The van der Waals surface area contributed by atoms with Gasteiger partial charge in [0.2, 0.25) is 0 Å². The third-order valence-electron chi connectivity index (χ3n) is 9.01. The average Bonchev–Trinajstić information content (AvgIpc) is 3.07. The Bertz CT molecular complexity index is 2490. The molecule has 0 N–H and O–H groups in total. The van der Waals surface area contributed by atoms with Gasteiger partial charge in [0.1, 0.15) is 0 Å². The summed E-state index contributed by atoms with van der Waals surface area (Å²) >= 11 is 0. The normalized spacial score (nSPS) is 11.8. The Morgan fingerprint density at radius 2 is 0.690 bits per heavy atom. The van der Waals surface area contributed by atoms with Gasteiger partial charge < -0.3 is 0 Å². The lowest BCUT2D eigenvalue weighted by molar-refractivity contribution is 1.62. The van der Waals surface area contributed by atoms with E-state index in [-0.39, 0.29) is 0 Å². The molecule has 9 aromatic carbocycles. The first-order valence-corrected chi connectivity index (χ1v) is 14.6. The van der Waals surface area contributed by atoms with Gasteiger partial charge in [0.25, 0.3) is 0 Å². The second-order valence-electron chi connectivity index (χ2n) is 11.3. The van der Waals surface area contributed by atoms with Crippen LogP contribution in [0.5, 0.6) is 0 Å². The Balaban J connectivity index is 1.38. The lowest BCUT2D eigenvalue weighted by atomic mass is 9.86. The fraction of sp³-hybridized carbons (Fsp3) is 0. The topological polar surface area (TPSA) is 0 Å². The highest BCUT2D eigenvalue weighted by Crippen LogP contribution is 2.44. The van der Waals surface area contributed by atoms with Crippen LogP contribution in [-0.4, -0.2) is 0 Å². The fourth-order valence-electron chi connectivity index (χ4n) is 7.15. The molecule has 0 saturated carbocycles. The van der Waals surface area contributed by atoms with Crippen LogP contribution >= 0.6 is 0 Å². The summed E-state index contributed by atoms with van der Waals surface area (Å²) in [5, 5.41) is 15.7. The second kappa shape index (κ2) is 9.03. The summed E-state index contributed by atoms with van der Waals surface area (Å²) in [7, 11) is 0. The summed E-state index contributed by atoms with van der Waals surface area (Å²) in [6.45, 7) is 0. The SMILES string of the molecule is c1cc(-c2ccc3c4ccccc4c4c5ccccc5c5ccccc5c4c3c2)cc(-c2cccc3ccccc23)c1. The zero-order valence-electron chi connectivity index (χ0n) is 23.0. The molecule has 0 aromatic heterocycles. The van der Waals surface area contributed by atoms with E-state index in [0.717, 1.165) is 0 Å². The molecular formula is C42H26. The zero-order chi connectivity index (χ0) is 27.6. The van der Waals surface area contributed by atoms with Gasteiger partial charge in [-0.1, -0.05) is 146 Å². The number of hydrogen-bond acceptors (Lipinski definition) is 0. The third kappa shape index (κ3) is 3.36. The van der Waals surface area contributed by atoms with E-state index in [1.165, 1.54) is 86.9 Å². The third-order valence-corrected chi connectivity index (χ3v) is 9.01. The van der Waals surface area contributed by atoms with Crippen molar-refractivity contribution in [3.8, 4) is 22.3 Å². The van der Waals surface area contributed by atoms with E-state index in [9.17, 15) is 0 Å². The molecule has 0 spiro atoms. The molecule has 0 radical (unpaired) electrons. The molecule has 0 unspecified atom stereocenters. The Morgan fingerprint density at radius 3 is 1.36 bits per heavy atom. The van der Waals surface area contributed by atoms with Crippen LogP contribution in [0.4, 0.5) is 0 Å². The van der Waals surface area contributed by atoms with E-state index in [2.05, 4.69) is 158 Å².